The molecule has 1 aromatic heterocycles. The number of fused-ring (bicyclic) bond motifs is 10. The number of nitrogens with two attached hydrogens (primary N) is 1. The number of benzene rings is 1. The summed E-state index contributed by atoms with van der Waals surface area (Å²) in [6.45, 7) is 3.06. The number of rotatable bonds is 3. The predicted molar refractivity (Wildman–Crippen MR) is 205 cm³/mol. The van der Waals surface area contributed by atoms with Gasteiger partial charge in [-0.15, -0.1) is 0 Å². The Morgan fingerprint density at radius 1 is 1.08 bits per heavy atom. The van der Waals surface area contributed by atoms with Crippen molar-refractivity contribution in [2.24, 2.45) is 17.3 Å². The van der Waals surface area contributed by atoms with Gasteiger partial charge in [-0.1, -0.05) is 72.1 Å². The van der Waals surface area contributed by atoms with E-state index < -0.39 is 0 Å². The van der Waals surface area contributed by atoms with E-state index in [1.165, 1.54) is 55.9 Å². The highest BCUT2D eigenvalue weighted by atomic mass is 33.1. The fourth-order valence-corrected chi connectivity index (χ4v) is 14.2. The lowest BCUT2D eigenvalue weighted by Crippen LogP contribution is -3.20. The summed E-state index contributed by atoms with van der Waals surface area (Å²) in [6, 6.07) is 5.81. The molecule has 7 atom stereocenters. The summed E-state index contributed by atoms with van der Waals surface area (Å²) in [5.41, 5.74) is 12.2. The molecule has 2 saturated carbocycles. The van der Waals surface area contributed by atoms with Gasteiger partial charge in [0.25, 0.3) is 0 Å². The van der Waals surface area contributed by atoms with E-state index in [-0.39, 0.29) is 51.6 Å². The Balaban J connectivity index is 1.34. The number of pyridine rings is 1. The van der Waals surface area contributed by atoms with E-state index in [1.54, 1.807) is 18.2 Å². The number of hydrogen-bond acceptors (Lipinski definition) is 9. The lowest BCUT2D eigenvalue weighted by Gasteiger charge is -2.47. The second-order valence-electron chi connectivity index (χ2n) is 15.6. The van der Waals surface area contributed by atoms with Gasteiger partial charge in [0.15, 0.2) is 24.0 Å². The Hall–Kier alpha value is -3.47. The van der Waals surface area contributed by atoms with Gasteiger partial charge in [-0.3, -0.25) is 14.5 Å². The number of ether oxygens (including phenoxy) is 1. The standard InChI is InChI=1S/C41H48N4O4S2/c1-3-25-6-10-30(46)18-31(47)11-7-26-17-36(49-2)35(48)19-33(26)32-12-13-37(25)50-51-38(34-16-27(32)21-44-39(34)42)41-23-40(14-4-5-15-40)20-28(41)8-9-29-22-43-24-45(29)41/h7-9,11-13,16-17,19,21-22,25,28,32,37-38,43,48H,3-6,10,14-15,18,20,23-24H2,1-2H3,(H2,42,44)/p+1/b11-7+,13-12+/t25-,28-,32+,37+,38+,41-/m0/s1. The van der Waals surface area contributed by atoms with Gasteiger partial charge in [-0.05, 0) is 84.1 Å². The molecule has 51 heavy (non-hydrogen) atoms. The van der Waals surface area contributed by atoms with Gasteiger partial charge in [-0.2, -0.15) is 0 Å². The average Bonchev–Trinajstić information content (AvgIpc) is 3.87. The zero-order valence-electron chi connectivity index (χ0n) is 29.5. The molecule has 6 aliphatic rings. The summed E-state index contributed by atoms with van der Waals surface area (Å²) < 4.78 is 5.51. The highest BCUT2D eigenvalue weighted by Crippen LogP contribution is 2.64. The molecule has 1 unspecified atom stereocenters. The molecular weight excluding hydrogens is 677 g/mol. The van der Waals surface area contributed by atoms with Crippen molar-refractivity contribution in [3.05, 3.63) is 88.9 Å². The lowest BCUT2D eigenvalue weighted by molar-refractivity contribution is -0.915. The highest BCUT2D eigenvalue weighted by Gasteiger charge is 2.66. The summed E-state index contributed by atoms with van der Waals surface area (Å²) in [6.07, 6.45) is 26.2. The minimum atomic E-state index is -0.280. The molecule has 4 bridgehead atoms. The molecule has 8 rings (SSSR count). The number of nitrogen functional groups attached to an aromatic ring is 1. The van der Waals surface area contributed by atoms with Crippen molar-refractivity contribution in [3.63, 3.8) is 0 Å². The Labute approximate surface area is 308 Å². The van der Waals surface area contributed by atoms with E-state index >= 15 is 0 Å². The van der Waals surface area contributed by atoms with E-state index in [2.05, 4.69) is 48.8 Å². The van der Waals surface area contributed by atoms with Crippen molar-refractivity contribution in [1.82, 2.24) is 10.3 Å². The van der Waals surface area contributed by atoms with Crippen molar-refractivity contribution >= 4 is 45.0 Å². The van der Waals surface area contributed by atoms with Crippen LogP contribution >= 0.6 is 21.6 Å². The van der Waals surface area contributed by atoms with Gasteiger partial charge in [0.2, 0.25) is 0 Å². The zero-order chi connectivity index (χ0) is 35.3. The largest absolute Gasteiger partial charge is 0.504 e. The minimum Gasteiger partial charge on any atom is -0.504 e. The summed E-state index contributed by atoms with van der Waals surface area (Å²) >= 11 is 0. The Kier molecular flexibility index (Phi) is 9.38. The van der Waals surface area contributed by atoms with E-state index in [4.69, 9.17) is 15.5 Å². The molecule has 2 aromatic rings. The van der Waals surface area contributed by atoms with Crippen LogP contribution in [-0.2, 0) is 9.59 Å². The maximum absolute atomic E-state index is 13.1. The van der Waals surface area contributed by atoms with Crippen LogP contribution in [0.15, 0.2) is 66.7 Å². The van der Waals surface area contributed by atoms with Crippen LogP contribution in [0.1, 0.15) is 105 Å². The molecular formula is C41H49N4O4S2+. The molecule has 5 N–H and O–H groups in total. The molecule has 268 valence electrons. The SMILES string of the molecule is CC[C@H]1CCC(=O)CC(=O)/C=C/c2cc(OC)c(O)cc2[C@@H]2/C=C/[C@H]1SS[C@@H]([C@]13CC4(CCCC4)C[C@@H]1C=CC1=CNC[NH+]13)c1cc2cnc1N. The fraction of sp³-hybridized carbons (Fsp3) is 0.488. The Morgan fingerprint density at radius 2 is 1.92 bits per heavy atom. The van der Waals surface area contributed by atoms with Gasteiger partial charge < -0.3 is 20.9 Å². The van der Waals surface area contributed by atoms with Crippen LogP contribution in [0.4, 0.5) is 5.82 Å². The first-order chi connectivity index (χ1) is 24.7. The van der Waals surface area contributed by atoms with E-state index in [1.807, 2.05) is 27.8 Å². The monoisotopic (exact) mass is 725 g/mol. The lowest BCUT2D eigenvalue weighted by atomic mass is 9.75. The first kappa shape index (κ1) is 34.6. The first-order valence-corrected chi connectivity index (χ1v) is 20.9. The molecule has 2 fully saturated rings. The Morgan fingerprint density at radius 3 is 2.73 bits per heavy atom. The third-order valence-corrected chi connectivity index (χ3v) is 16.1. The number of ketones is 2. The number of anilines is 1. The maximum Gasteiger partial charge on any atom is 0.163 e. The van der Waals surface area contributed by atoms with Crippen molar-refractivity contribution in [1.29, 1.82) is 0 Å². The van der Waals surface area contributed by atoms with Crippen LogP contribution in [0.5, 0.6) is 11.5 Å². The molecule has 3 aliphatic heterocycles. The molecule has 3 aliphatic carbocycles. The van der Waals surface area contributed by atoms with Crippen molar-refractivity contribution in [2.75, 3.05) is 19.5 Å². The number of methoxy groups -OCH3 is 1. The third-order valence-electron chi connectivity index (χ3n) is 12.8. The van der Waals surface area contributed by atoms with Crippen molar-refractivity contribution in [2.45, 2.75) is 93.1 Å². The van der Waals surface area contributed by atoms with Gasteiger partial charge in [0, 0.05) is 41.7 Å². The number of Topliss-reactive ketones (excluding diaryl/α,β-unsaturated/α-hetero) is 1. The van der Waals surface area contributed by atoms with Crippen LogP contribution in [-0.4, -0.2) is 46.2 Å². The second kappa shape index (κ2) is 13.8. The molecule has 8 nitrogen and oxygen atoms in total. The minimum absolute atomic E-state index is 0.0252. The molecule has 1 aromatic carbocycles. The fourth-order valence-electron chi connectivity index (χ4n) is 10.2. The van der Waals surface area contributed by atoms with Crippen LogP contribution in [0.25, 0.3) is 6.08 Å². The number of nitrogens with zero attached hydrogens (tertiary/aromatic N) is 1. The topological polar surface area (TPSA) is 119 Å². The number of nitrogens with one attached hydrogen (secondary N) is 2. The second-order valence-corrected chi connectivity index (χ2v) is 18.1. The quantitative estimate of drug-likeness (QED) is 0.154. The highest BCUT2D eigenvalue weighted by molar-refractivity contribution is 8.77. The van der Waals surface area contributed by atoms with E-state index in [9.17, 15) is 14.7 Å². The summed E-state index contributed by atoms with van der Waals surface area (Å²) in [5, 5.41) is 14.9. The van der Waals surface area contributed by atoms with E-state index in [0.717, 1.165) is 48.2 Å². The van der Waals surface area contributed by atoms with Crippen LogP contribution in [0, 0.1) is 17.3 Å². The number of phenols is 1. The molecule has 1 spiro atoms. The van der Waals surface area contributed by atoms with Crippen LogP contribution in [0.3, 0.4) is 0 Å². The molecule has 0 radical (unpaired) electrons. The van der Waals surface area contributed by atoms with Gasteiger partial charge in [0.05, 0.1) is 25.0 Å². The smallest absolute Gasteiger partial charge is 0.163 e. The molecule has 4 heterocycles. The number of quaternary nitrogens is 1. The summed E-state index contributed by atoms with van der Waals surface area (Å²) in [5.74, 6) is 1.02. The zero-order valence-corrected chi connectivity index (χ0v) is 31.2. The number of allylic oxidation sites excluding steroid dienone is 3. The predicted octanol–water partition coefficient (Wildman–Crippen LogP) is 6.80. The number of phenolic OH excluding ortho intramolecular Hbond substituents is 1. The molecule has 0 saturated heterocycles. The number of aromatic hydroxyl groups is 1. The third kappa shape index (κ3) is 6.15. The van der Waals surface area contributed by atoms with E-state index in [0.29, 0.717) is 29.3 Å². The number of carbonyl (C=O) groups is 2. The number of hydrogen-bond donors (Lipinski definition) is 4. The average molecular weight is 726 g/mol. The maximum atomic E-state index is 13.1. The van der Waals surface area contributed by atoms with Gasteiger partial charge in [0.1, 0.15) is 22.8 Å². The number of aromatic nitrogens is 1. The summed E-state index contributed by atoms with van der Waals surface area (Å²) in [4.78, 5) is 32.6. The van der Waals surface area contributed by atoms with Crippen molar-refractivity contribution in [3.8, 4) is 11.5 Å². The van der Waals surface area contributed by atoms with Gasteiger partial charge in [-0.25, -0.2) is 4.98 Å². The van der Waals surface area contributed by atoms with Crippen LogP contribution < -0.4 is 20.7 Å². The number of carbonyl (C=O) groups excluding carboxylic acids is 2. The van der Waals surface area contributed by atoms with Crippen molar-refractivity contribution < 1.29 is 24.3 Å². The van der Waals surface area contributed by atoms with Crippen LogP contribution in [0.2, 0.25) is 0 Å². The molecule has 0 amide bonds. The normalized spacial score (nSPS) is 33.8. The molecule has 10 heteroatoms. The summed E-state index contributed by atoms with van der Waals surface area (Å²) in [7, 11) is 5.41. The van der Waals surface area contributed by atoms with Gasteiger partial charge >= 0.3 is 0 Å². The first-order valence-electron chi connectivity index (χ1n) is 18.6. The Bertz CT molecular complexity index is 1850.